The maximum Gasteiger partial charge on any atom is 0.433 e. The van der Waals surface area contributed by atoms with E-state index in [0.29, 0.717) is 0 Å². The molecule has 0 amide bonds. The Hall–Kier alpha value is -1.81. The maximum atomic E-state index is 12.6. The number of aliphatic hydroxyl groups is 1. The fraction of sp³-hybridized carbons (Fsp3) is 0.538. The summed E-state index contributed by atoms with van der Waals surface area (Å²) in [5.74, 6) is -0.200. The largest absolute Gasteiger partial charge is 0.433 e. The van der Waals surface area contributed by atoms with E-state index in [1.165, 1.54) is 13.8 Å². The monoisotopic (exact) mass is 287 g/mol. The summed E-state index contributed by atoms with van der Waals surface area (Å²) in [7, 11) is 0. The second kappa shape index (κ2) is 4.94. The molecule has 1 rings (SSSR count). The van der Waals surface area contributed by atoms with E-state index in [1.807, 2.05) is 0 Å². The fourth-order valence-corrected chi connectivity index (χ4v) is 1.25. The number of hydrogen-bond donors (Lipinski definition) is 2. The summed E-state index contributed by atoms with van der Waals surface area (Å²) in [4.78, 5) is 3.44. The number of aromatic nitrogens is 1. The van der Waals surface area contributed by atoms with Crippen LogP contribution in [0.5, 0.6) is 0 Å². The first-order chi connectivity index (χ1) is 8.88. The third kappa shape index (κ3) is 3.39. The molecule has 2 N–H and O–H groups in total. The van der Waals surface area contributed by atoms with Crippen molar-refractivity contribution < 1.29 is 18.3 Å². The van der Waals surface area contributed by atoms with Crippen LogP contribution in [-0.4, -0.2) is 21.2 Å². The van der Waals surface area contributed by atoms with Crippen molar-refractivity contribution in [1.82, 2.24) is 4.98 Å². The average Bonchev–Trinajstić information content (AvgIpc) is 2.25. The standard InChI is InChI=1S/C13H16F3N3O/c1-11(2,12(3,4)20)19-10-8(7-17)5-6-9(18-10)13(14,15)16/h5-6,20H,1-4H3,(H,18,19). The third-order valence-electron chi connectivity index (χ3n) is 3.27. The Bertz CT molecular complexity index is 539. The number of rotatable bonds is 3. The van der Waals surface area contributed by atoms with Crippen molar-refractivity contribution in [2.45, 2.75) is 45.0 Å². The van der Waals surface area contributed by atoms with Crippen LogP contribution in [0.3, 0.4) is 0 Å². The van der Waals surface area contributed by atoms with Crippen molar-refractivity contribution in [1.29, 1.82) is 5.26 Å². The number of halogens is 3. The molecule has 110 valence electrons. The Morgan fingerprint density at radius 1 is 1.20 bits per heavy atom. The lowest BCUT2D eigenvalue weighted by atomic mass is 9.86. The normalized spacial score (nSPS) is 12.9. The van der Waals surface area contributed by atoms with E-state index < -0.39 is 23.0 Å². The number of hydrogen-bond acceptors (Lipinski definition) is 4. The van der Waals surface area contributed by atoms with Gasteiger partial charge in [0.1, 0.15) is 17.6 Å². The van der Waals surface area contributed by atoms with Gasteiger partial charge in [-0.05, 0) is 39.8 Å². The summed E-state index contributed by atoms with van der Waals surface area (Å²) in [6.45, 7) is 6.24. The smallest absolute Gasteiger partial charge is 0.388 e. The topological polar surface area (TPSA) is 68.9 Å². The van der Waals surface area contributed by atoms with Crippen molar-refractivity contribution in [2.24, 2.45) is 0 Å². The average molecular weight is 287 g/mol. The van der Waals surface area contributed by atoms with E-state index in [2.05, 4.69) is 10.3 Å². The van der Waals surface area contributed by atoms with Crippen LogP contribution in [0.1, 0.15) is 39.0 Å². The highest BCUT2D eigenvalue weighted by Crippen LogP contribution is 2.31. The molecular formula is C13H16F3N3O. The van der Waals surface area contributed by atoms with Gasteiger partial charge in [0, 0.05) is 0 Å². The molecule has 20 heavy (non-hydrogen) atoms. The molecule has 0 aliphatic carbocycles. The van der Waals surface area contributed by atoms with Crippen LogP contribution < -0.4 is 5.32 Å². The molecule has 7 heteroatoms. The Morgan fingerprint density at radius 3 is 2.15 bits per heavy atom. The van der Waals surface area contributed by atoms with Gasteiger partial charge in [-0.25, -0.2) is 4.98 Å². The van der Waals surface area contributed by atoms with Gasteiger partial charge in [-0.15, -0.1) is 0 Å². The van der Waals surface area contributed by atoms with Crippen LogP contribution >= 0.6 is 0 Å². The molecule has 0 bridgehead atoms. The predicted octanol–water partition coefficient (Wildman–Crippen LogP) is 2.93. The number of nitrogens with one attached hydrogen (secondary N) is 1. The Morgan fingerprint density at radius 2 is 1.75 bits per heavy atom. The highest BCUT2D eigenvalue weighted by atomic mass is 19.4. The first-order valence-electron chi connectivity index (χ1n) is 5.87. The van der Waals surface area contributed by atoms with Crippen LogP contribution in [0, 0.1) is 11.3 Å². The quantitative estimate of drug-likeness (QED) is 0.896. The molecule has 0 spiro atoms. The Kier molecular flexibility index (Phi) is 4.02. The Balaban J connectivity index is 3.27. The molecule has 4 nitrogen and oxygen atoms in total. The van der Waals surface area contributed by atoms with E-state index in [9.17, 15) is 18.3 Å². The zero-order chi connectivity index (χ0) is 15.8. The molecule has 1 heterocycles. The van der Waals surface area contributed by atoms with Crippen LogP contribution in [0.15, 0.2) is 12.1 Å². The van der Waals surface area contributed by atoms with Gasteiger partial charge in [-0.1, -0.05) is 0 Å². The SMILES string of the molecule is CC(C)(O)C(C)(C)Nc1nc(C(F)(F)F)ccc1C#N. The first kappa shape index (κ1) is 16.2. The number of nitrogens with zero attached hydrogens (tertiary/aromatic N) is 2. The van der Waals surface area contributed by atoms with Gasteiger partial charge in [0.15, 0.2) is 0 Å². The summed E-state index contributed by atoms with van der Waals surface area (Å²) in [5, 5.41) is 21.6. The minimum absolute atomic E-state index is 0.0182. The van der Waals surface area contributed by atoms with E-state index in [-0.39, 0.29) is 11.4 Å². The second-order valence-corrected chi connectivity index (χ2v) is 5.51. The van der Waals surface area contributed by atoms with E-state index >= 15 is 0 Å². The zero-order valence-corrected chi connectivity index (χ0v) is 11.6. The number of anilines is 1. The summed E-state index contributed by atoms with van der Waals surface area (Å²) in [6, 6.07) is 3.58. The molecule has 0 atom stereocenters. The highest BCUT2D eigenvalue weighted by molar-refractivity contribution is 5.54. The molecule has 0 aliphatic heterocycles. The van der Waals surface area contributed by atoms with Crippen LogP contribution in [0.4, 0.5) is 19.0 Å². The lowest BCUT2D eigenvalue weighted by Gasteiger charge is -2.38. The highest BCUT2D eigenvalue weighted by Gasteiger charge is 2.37. The molecule has 0 radical (unpaired) electrons. The molecule has 0 saturated carbocycles. The molecule has 0 fully saturated rings. The van der Waals surface area contributed by atoms with E-state index in [4.69, 9.17) is 5.26 Å². The molecule has 0 aromatic carbocycles. The third-order valence-corrected chi connectivity index (χ3v) is 3.27. The van der Waals surface area contributed by atoms with Crippen molar-refractivity contribution in [3.8, 4) is 6.07 Å². The molecule has 1 aromatic rings. The van der Waals surface area contributed by atoms with Crippen molar-refractivity contribution >= 4 is 5.82 Å². The number of nitriles is 1. The van der Waals surface area contributed by atoms with Gasteiger partial charge in [0.2, 0.25) is 0 Å². The number of alkyl halides is 3. The van der Waals surface area contributed by atoms with Crippen LogP contribution in [-0.2, 0) is 6.18 Å². The molecular weight excluding hydrogens is 271 g/mol. The van der Waals surface area contributed by atoms with E-state index in [1.54, 1.807) is 19.9 Å². The van der Waals surface area contributed by atoms with E-state index in [0.717, 1.165) is 12.1 Å². The first-order valence-corrected chi connectivity index (χ1v) is 5.87. The van der Waals surface area contributed by atoms with Gasteiger partial charge in [0.05, 0.1) is 16.7 Å². The zero-order valence-electron chi connectivity index (χ0n) is 11.6. The summed E-state index contributed by atoms with van der Waals surface area (Å²) < 4.78 is 37.9. The van der Waals surface area contributed by atoms with Crippen molar-refractivity contribution in [3.63, 3.8) is 0 Å². The molecule has 0 aliphatic rings. The predicted molar refractivity (Wildman–Crippen MR) is 68.0 cm³/mol. The van der Waals surface area contributed by atoms with Gasteiger partial charge in [-0.2, -0.15) is 18.4 Å². The maximum absolute atomic E-state index is 12.6. The number of pyridine rings is 1. The molecule has 0 unspecified atom stereocenters. The summed E-state index contributed by atoms with van der Waals surface area (Å²) in [6.07, 6.45) is -4.59. The summed E-state index contributed by atoms with van der Waals surface area (Å²) in [5.41, 5.74) is -3.31. The van der Waals surface area contributed by atoms with Gasteiger partial charge in [-0.3, -0.25) is 0 Å². The van der Waals surface area contributed by atoms with Crippen molar-refractivity contribution in [2.75, 3.05) is 5.32 Å². The lowest BCUT2D eigenvalue weighted by molar-refractivity contribution is -0.141. The van der Waals surface area contributed by atoms with Crippen LogP contribution in [0.2, 0.25) is 0 Å². The van der Waals surface area contributed by atoms with Crippen LogP contribution in [0.25, 0.3) is 0 Å². The molecule has 1 aromatic heterocycles. The fourth-order valence-electron chi connectivity index (χ4n) is 1.25. The summed E-state index contributed by atoms with van der Waals surface area (Å²) >= 11 is 0. The van der Waals surface area contributed by atoms with Gasteiger partial charge in [0.25, 0.3) is 0 Å². The molecule has 0 saturated heterocycles. The second-order valence-electron chi connectivity index (χ2n) is 5.51. The lowest BCUT2D eigenvalue weighted by Crippen LogP contribution is -2.51. The van der Waals surface area contributed by atoms with Gasteiger partial charge >= 0.3 is 6.18 Å². The minimum atomic E-state index is -4.59. The minimum Gasteiger partial charge on any atom is -0.388 e. The Labute approximate surface area is 115 Å². The van der Waals surface area contributed by atoms with Gasteiger partial charge < -0.3 is 10.4 Å². The van der Waals surface area contributed by atoms with Crippen molar-refractivity contribution in [3.05, 3.63) is 23.4 Å².